The molecule has 7 nitrogen and oxygen atoms in total. The summed E-state index contributed by atoms with van der Waals surface area (Å²) in [6.07, 6.45) is 0.119. The summed E-state index contributed by atoms with van der Waals surface area (Å²) in [4.78, 5) is 54.6. The van der Waals surface area contributed by atoms with Gasteiger partial charge in [-0.25, -0.2) is 4.79 Å². The third-order valence-electron chi connectivity index (χ3n) is 5.63. The average molecular weight is 377 g/mol. The Bertz CT molecular complexity index is 969. The first-order valence-electron chi connectivity index (χ1n) is 8.96. The maximum atomic E-state index is 13.1. The van der Waals surface area contributed by atoms with Crippen LogP contribution in [-0.4, -0.2) is 59.1 Å². The maximum absolute atomic E-state index is 13.1. The lowest BCUT2D eigenvalue weighted by Crippen LogP contribution is -2.48. The molecule has 0 aliphatic carbocycles. The van der Waals surface area contributed by atoms with Gasteiger partial charge >= 0.3 is 6.03 Å². The van der Waals surface area contributed by atoms with Gasteiger partial charge in [-0.1, -0.05) is 42.5 Å². The normalized spacial score (nSPS) is 21.7. The minimum absolute atomic E-state index is 0.0262. The molecular weight excluding hydrogens is 358 g/mol. The van der Waals surface area contributed by atoms with Crippen LogP contribution in [0, 0.1) is 0 Å². The summed E-state index contributed by atoms with van der Waals surface area (Å²) in [6.45, 7) is 0.0262. The number of rotatable bonds is 4. The lowest BCUT2D eigenvalue weighted by molar-refractivity contribution is -0.133. The van der Waals surface area contributed by atoms with Crippen molar-refractivity contribution in [3.63, 3.8) is 0 Å². The predicted molar refractivity (Wildman–Crippen MR) is 100 cm³/mol. The molecule has 1 saturated heterocycles. The van der Waals surface area contributed by atoms with Crippen molar-refractivity contribution in [1.82, 2.24) is 14.7 Å². The largest absolute Gasteiger partial charge is 0.327 e. The number of fused-ring (bicyclic) bond motifs is 1. The van der Waals surface area contributed by atoms with Gasteiger partial charge in [0.05, 0.1) is 11.1 Å². The Morgan fingerprint density at radius 3 is 1.82 bits per heavy atom. The maximum Gasteiger partial charge on any atom is 0.327 e. The van der Waals surface area contributed by atoms with Gasteiger partial charge in [0, 0.05) is 27.1 Å². The second kappa shape index (κ2) is 6.30. The van der Waals surface area contributed by atoms with E-state index in [0.29, 0.717) is 16.7 Å². The molecular formula is C21H19N3O4. The molecule has 1 fully saturated rings. The molecule has 0 aromatic heterocycles. The van der Waals surface area contributed by atoms with Crippen molar-refractivity contribution in [2.45, 2.75) is 12.0 Å². The highest BCUT2D eigenvalue weighted by Gasteiger charge is 2.55. The molecule has 0 N–H and O–H groups in total. The Labute approximate surface area is 162 Å². The Hall–Kier alpha value is -3.48. The molecule has 2 heterocycles. The highest BCUT2D eigenvalue weighted by molar-refractivity contribution is 6.21. The predicted octanol–water partition coefficient (Wildman–Crippen LogP) is 2.09. The smallest absolute Gasteiger partial charge is 0.308 e. The zero-order chi connectivity index (χ0) is 20.1. The van der Waals surface area contributed by atoms with Crippen molar-refractivity contribution in [1.29, 1.82) is 0 Å². The Morgan fingerprint density at radius 2 is 1.32 bits per heavy atom. The first kappa shape index (κ1) is 17.9. The first-order valence-corrected chi connectivity index (χ1v) is 8.96. The Kier molecular flexibility index (Phi) is 4.03. The van der Waals surface area contributed by atoms with E-state index in [0.717, 1.165) is 9.80 Å². The number of nitrogens with zero attached hydrogens (tertiary/aromatic N) is 3. The van der Waals surface area contributed by atoms with Gasteiger partial charge in [-0.2, -0.15) is 0 Å². The van der Waals surface area contributed by atoms with E-state index in [1.807, 2.05) is 6.07 Å². The molecule has 2 aliphatic heterocycles. The second-order valence-electron chi connectivity index (χ2n) is 6.99. The third kappa shape index (κ3) is 2.29. The summed E-state index contributed by atoms with van der Waals surface area (Å²) in [5.41, 5.74) is 0.112. The van der Waals surface area contributed by atoms with Crippen molar-refractivity contribution in [3.8, 4) is 0 Å². The molecule has 0 spiro atoms. The summed E-state index contributed by atoms with van der Waals surface area (Å²) in [6, 6.07) is 15.2. The molecule has 4 rings (SSSR count). The van der Waals surface area contributed by atoms with E-state index in [4.69, 9.17) is 0 Å². The van der Waals surface area contributed by atoms with Crippen LogP contribution in [0.25, 0.3) is 0 Å². The highest BCUT2D eigenvalue weighted by Crippen LogP contribution is 2.39. The molecule has 0 radical (unpaired) electrons. The molecule has 1 atom stereocenters. The first-order chi connectivity index (χ1) is 13.4. The topological polar surface area (TPSA) is 78.0 Å². The van der Waals surface area contributed by atoms with Crippen molar-refractivity contribution in [3.05, 3.63) is 71.3 Å². The fourth-order valence-electron chi connectivity index (χ4n) is 4.06. The van der Waals surface area contributed by atoms with Crippen LogP contribution in [0.15, 0.2) is 54.6 Å². The van der Waals surface area contributed by atoms with Gasteiger partial charge in [0.25, 0.3) is 17.7 Å². The van der Waals surface area contributed by atoms with Gasteiger partial charge in [0.2, 0.25) is 0 Å². The number of benzene rings is 2. The fourth-order valence-corrected chi connectivity index (χ4v) is 4.06. The molecule has 2 aromatic rings. The summed E-state index contributed by atoms with van der Waals surface area (Å²) in [7, 11) is 3.01. The van der Waals surface area contributed by atoms with Crippen LogP contribution in [0.5, 0.6) is 0 Å². The number of hydrogen-bond donors (Lipinski definition) is 0. The molecule has 0 saturated carbocycles. The van der Waals surface area contributed by atoms with Crippen LogP contribution in [-0.2, 0) is 10.3 Å². The van der Waals surface area contributed by atoms with E-state index in [2.05, 4.69) is 0 Å². The van der Waals surface area contributed by atoms with Gasteiger partial charge in [-0.15, -0.1) is 0 Å². The molecule has 142 valence electrons. The zero-order valence-corrected chi connectivity index (χ0v) is 15.6. The summed E-state index contributed by atoms with van der Waals surface area (Å²) in [5, 5.41) is 0. The quantitative estimate of drug-likeness (QED) is 0.604. The number of amides is 5. The highest BCUT2D eigenvalue weighted by atomic mass is 16.2. The summed E-state index contributed by atoms with van der Waals surface area (Å²) >= 11 is 0. The number of imide groups is 2. The van der Waals surface area contributed by atoms with Crippen molar-refractivity contribution in [2.75, 3.05) is 20.6 Å². The van der Waals surface area contributed by atoms with E-state index in [-0.39, 0.29) is 30.7 Å². The van der Waals surface area contributed by atoms with Gasteiger partial charge in [-0.05, 0) is 17.7 Å². The molecule has 0 unspecified atom stereocenters. The van der Waals surface area contributed by atoms with Crippen LogP contribution in [0.3, 0.4) is 0 Å². The standard InChI is InChI=1S/C21H19N3O4/c1-22-19(27)21(23(2)20(22)28,14-8-4-3-5-9-14)12-13-24-17(25)15-10-6-7-11-16(15)18(24)26/h3-11H,12-13H2,1-2H3/t21-/m0/s1. The van der Waals surface area contributed by atoms with Gasteiger partial charge in [-0.3, -0.25) is 24.2 Å². The zero-order valence-electron chi connectivity index (χ0n) is 15.6. The molecule has 2 aromatic carbocycles. The van der Waals surface area contributed by atoms with Crippen LogP contribution >= 0.6 is 0 Å². The lowest BCUT2D eigenvalue weighted by Gasteiger charge is -2.34. The van der Waals surface area contributed by atoms with Crippen LogP contribution in [0.4, 0.5) is 4.79 Å². The van der Waals surface area contributed by atoms with E-state index in [9.17, 15) is 19.2 Å². The van der Waals surface area contributed by atoms with Gasteiger partial charge in [0.15, 0.2) is 5.54 Å². The lowest BCUT2D eigenvalue weighted by atomic mass is 9.85. The SMILES string of the molecule is CN1C(=O)N(C)[C@@](CCN2C(=O)c3ccccc3C2=O)(c2ccccc2)C1=O. The number of hydrogen-bond acceptors (Lipinski definition) is 4. The molecule has 28 heavy (non-hydrogen) atoms. The number of carbonyl (C=O) groups excluding carboxylic acids is 4. The number of urea groups is 1. The van der Waals surface area contributed by atoms with Crippen LogP contribution in [0.2, 0.25) is 0 Å². The number of likely N-dealkylation sites (N-methyl/N-ethyl adjacent to an activating group) is 2. The fraction of sp³-hybridized carbons (Fsp3) is 0.238. The van der Waals surface area contributed by atoms with Crippen molar-refractivity contribution >= 4 is 23.8 Å². The molecule has 7 heteroatoms. The van der Waals surface area contributed by atoms with E-state index in [1.165, 1.54) is 11.9 Å². The summed E-state index contributed by atoms with van der Waals surface area (Å²) < 4.78 is 0. The van der Waals surface area contributed by atoms with Gasteiger partial charge < -0.3 is 4.90 Å². The summed E-state index contributed by atoms with van der Waals surface area (Å²) in [5.74, 6) is -1.13. The van der Waals surface area contributed by atoms with E-state index >= 15 is 0 Å². The molecule has 5 amide bonds. The monoisotopic (exact) mass is 377 g/mol. The van der Waals surface area contributed by atoms with Crippen molar-refractivity contribution < 1.29 is 19.2 Å². The second-order valence-corrected chi connectivity index (χ2v) is 6.99. The molecule has 0 bridgehead atoms. The minimum atomic E-state index is -1.26. The third-order valence-corrected chi connectivity index (χ3v) is 5.63. The number of carbonyl (C=O) groups is 4. The Balaban J connectivity index is 1.70. The van der Waals surface area contributed by atoms with Crippen molar-refractivity contribution in [2.24, 2.45) is 0 Å². The Morgan fingerprint density at radius 1 is 0.786 bits per heavy atom. The van der Waals surface area contributed by atoms with Crippen LogP contribution < -0.4 is 0 Å². The van der Waals surface area contributed by atoms with Crippen LogP contribution in [0.1, 0.15) is 32.7 Å². The van der Waals surface area contributed by atoms with E-state index in [1.54, 1.807) is 55.6 Å². The average Bonchev–Trinajstić information content (AvgIpc) is 3.06. The minimum Gasteiger partial charge on any atom is -0.308 e. The van der Waals surface area contributed by atoms with E-state index < -0.39 is 11.6 Å². The molecule has 2 aliphatic rings. The van der Waals surface area contributed by atoms with Gasteiger partial charge in [0.1, 0.15) is 0 Å².